The van der Waals surface area contributed by atoms with Gasteiger partial charge in [0.05, 0.1) is 11.6 Å². The van der Waals surface area contributed by atoms with Crippen LogP contribution < -0.4 is 9.47 Å². The van der Waals surface area contributed by atoms with Crippen molar-refractivity contribution in [2.45, 2.75) is 18.9 Å². The minimum absolute atomic E-state index is 0.0529. The predicted molar refractivity (Wildman–Crippen MR) is 86.8 cm³/mol. The van der Waals surface area contributed by atoms with Gasteiger partial charge in [0.2, 0.25) is 6.79 Å². The second-order valence-electron chi connectivity index (χ2n) is 6.00. The number of rotatable bonds is 3. The number of carboxylic acids is 1. The first-order chi connectivity index (χ1) is 12.1. The molecule has 1 N–H and O–H groups in total. The molecule has 1 saturated heterocycles. The van der Waals surface area contributed by atoms with Crippen LogP contribution in [0.4, 0.5) is 0 Å². The molecule has 3 heterocycles. The lowest BCUT2D eigenvalue weighted by atomic mass is 10.0. The van der Waals surface area contributed by atoms with Crippen molar-refractivity contribution in [3.8, 4) is 11.5 Å². The van der Waals surface area contributed by atoms with Gasteiger partial charge in [-0.1, -0.05) is 6.07 Å². The Labute approximate surface area is 143 Å². The van der Waals surface area contributed by atoms with Crippen LogP contribution in [-0.4, -0.2) is 40.2 Å². The van der Waals surface area contributed by atoms with Crippen LogP contribution in [0.2, 0.25) is 0 Å². The summed E-state index contributed by atoms with van der Waals surface area (Å²) >= 11 is 0. The molecule has 0 spiro atoms. The average molecular weight is 340 g/mol. The molecular formula is C18H16N2O5. The Morgan fingerprint density at radius 3 is 2.84 bits per heavy atom. The topological polar surface area (TPSA) is 89.0 Å². The van der Waals surface area contributed by atoms with E-state index >= 15 is 0 Å². The third kappa shape index (κ3) is 2.77. The fourth-order valence-electron chi connectivity index (χ4n) is 3.30. The lowest BCUT2D eigenvalue weighted by Gasteiger charge is -2.25. The van der Waals surface area contributed by atoms with E-state index < -0.39 is 5.97 Å². The Bertz CT molecular complexity index is 851. The number of aromatic carboxylic acids is 1. The second kappa shape index (κ2) is 6.08. The summed E-state index contributed by atoms with van der Waals surface area (Å²) in [6.45, 7) is 0.814. The van der Waals surface area contributed by atoms with Crippen LogP contribution in [0.3, 0.4) is 0 Å². The Kier molecular flexibility index (Phi) is 3.76. The number of benzene rings is 1. The van der Waals surface area contributed by atoms with Gasteiger partial charge in [0, 0.05) is 12.7 Å². The molecule has 0 saturated carbocycles. The van der Waals surface area contributed by atoms with Crippen molar-refractivity contribution in [3.05, 3.63) is 53.3 Å². The first-order valence-corrected chi connectivity index (χ1v) is 8.03. The molecule has 0 radical (unpaired) electrons. The molecule has 1 atom stereocenters. The number of carbonyl (C=O) groups excluding carboxylic acids is 1. The van der Waals surface area contributed by atoms with Gasteiger partial charge in [-0.3, -0.25) is 9.78 Å². The van der Waals surface area contributed by atoms with Crippen molar-refractivity contribution in [2.75, 3.05) is 13.3 Å². The Hall–Kier alpha value is -3.09. The van der Waals surface area contributed by atoms with Crippen LogP contribution in [-0.2, 0) is 0 Å². The van der Waals surface area contributed by atoms with Crippen LogP contribution in [0.15, 0.2) is 36.5 Å². The zero-order chi connectivity index (χ0) is 17.4. The van der Waals surface area contributed by atoms with Gasteiger partial charge in [-0.2, -0.15) is 0 Å². The molecule has 7 nitrogen and oxygen atoms in total. The Morgan fingerprint density at radius 2 is 2.00 bits per heavy atom. The van der Waals surface area contributed by atoms with Gasteiger partial charge in [0.25, 0.3) is 5.91 Å². The molecule has 2 aliphatic heterocycles. The Balaban J connectivity index is 1.62. The number of ether oxygens (including phenoxy) is 2. The number of aromatic nitrogens is 1. The lowest BCUT2D eigenvalue weighted by Crippen LogP contribution is -2.31. The minimum atomic E-state index is -1.08. The summed E-state index contributed by atoms with van der Waals surface area (Å²) in [6, 6.07) is 8.29. The van der Waals surface area contributed by atoms with E-state index in [0.717, 1.165) is 18.4 Å². The van der Waals surface area contributed by atoms with Crippen LogP contribution in [0, 0.1) is 0 Å². The zero-order valence-electron chi connectivity index (χ0n) is 13.3. The molecule has 2 aliphatic rings. The van der Waals surface area contributed by atoms with Gasteiger partial charge < -0.3 is 19.5 Å². The third-order valence-corrected chi connectivity index (χ3v) is 4.52. The average Bonchev–Trinajstić information content (AvgIpc) is 3.29. The van der Waals surface area contributed by atoms with E-state index in [1.54, 1.807) is 4.90 Å². The van der Waals surface area contributed by atoms with Gasteiger partial charge in [0.1, 0.15) is 5.69 Å². The molecule has 1 amide bonds. The number of pyridine rings is 1. The van der Waals surface area contributed by atoms with E-state index in [1.807, 2.05) is 18.2 Å². The summed E-state index contributed by atoms with van der Waals surface area (Å²) in [5.41, 5.74) is 1.18. The fraction of sp³-hybridized carbons (Fsp3) is 0.278. The predicted octanol–water partition coefficient (Wildman–Crippen LogP) is 2.49. The number of likely N-dealkylation sites (tertiary alicyclic amines) is 1. The summed E-state index contributed by atoms with van der Waals surface area (Å²) < 4.78 is 10.7. The lowest BCUT2D eigenvalue weighted by molar-refractivity contribution is 0.0696. The SMILES string of the molecule is O=C(O)c1ccnc(C(=O)N2CCCC2c2ccc3c(c2)OCO3)c1. The smallest absolute Gasteiger partial charge is 0.335 e. The van der Waals surface area contributed by atoms with E-state index in [1.165, 1.54) is 18.3 Å². The maximum Gasteiger partial charge on any atom is 0.335 e. The standard InChI is InChI=1S/C18H16N2O5/c21-17(13-8-12(18(22)23)5-6-19-13)20-7-1-2-14(20)11-3-4-15-16(9-11)25-10-24-15/h3-6,8-9,14H,1-2,7,10H2,(H,22,23). The van der Waals surface area contributed by atoms with Gasteiger partial charge in [-0.15, -0.1) is 0 Å². The maximum atomic E-state index is 12.9. The highest BCUT2D eigenvalue weighted by molar-refractivity contribution is 5.96. The second-order valence-corrected chi connectivity index (χ2v) is 6.00. The number of amides is 1. The van der Waals surface area contributed by atoms with E-state index in [4.69, 9.17) is 14.6 Å². The molecule has 1 unspecified atom stereocenters. The first-order valence-electron chi connectivity index (χ1n) is 8.03. The fourth-order valence-corrected chi connectivity index (χ4v) is 3.30. The molecule has 25 heavy (non-hydrogen) atoms. The number of carboxylic acid groups (broad SMARTS) is 1. The molecule has 128 valence electrons. The van der Waals surface area contributed by atoms with Crippen LogP contribution in [0.5, 0.6) is 11.5 Å². The molecular weight excluding hydrogens is 324 g/mol. The highest BCUT2D eigenvalue weighted by Crippen LogP contribution is 2.39. The number of nitrogens with zero attached hydrogens (tertiary/aromatic N) is 2. The summed E-state index contributed by atoms with van der Waals surface area (Å²) in [7, 11) is 0. The first kappa shape index (κ1) is 15.4. The molecule has 7 heteroatoms. The van der Waals surface area contributed by atoms with Crippen molar-refractivity contribution in [2.24, 2.45) is 0 Å². The van der Waals surface area contributed by atoms with Crippen molar-refractivity contribution >= 4 is 11.9 Å². The van der Waals surface area contributed by atoms with E-state index in [2.05, 4.69) is 4.98 Å². The van der Waals surface area contributed by atoms with E-state index in [-0.39, 0.29) is 30.0 Å². The molecule has 0 bridgehead atoms. The monoisotopic (exact) mass is 340 g/mol. The molecule has 1 aromatic heterocycles. The van der Waals surface area contributed by atoms with E-state index in [9.17, 15) is 9.59 Å². The van der Waals surface area contributed by atoms with E-state index in [0.29, 0.717) is 18.0 Å². The highest BCUT2D eigenvalue weighted by atomic mass is 16.7. The third-order valence-electron chi connectivity index (χ3n) is 4.52. The number of fused-ring (bicyclic) bond motifs is 1. The zero-order valence-corrected chi connectivity index (χ0v) is 13.3. The van der Waals surface area contributed by atoms with Gasteiger partial charge in [0.15, 0.2) is 11.5 Å². The van der Waals surface area contributed by atoms with Gasteiger partial charge in [-0.05, 0) is 42.7 Å². The van der Waals surface area contributed by atoms with Crippen molar-refractivity contribution in [1.82, 2.24) is 9.88 Å². The van der Waals surface area contributed by atoms with Crippen LogP contribution in [0.1, 0.15) is 45.3 Å². The summed E-state index contributed by atoms with van der Waals surface area (Å²) in [5.74, 6) is 0.0479. The molecule has 4 rings (SSSR count). The van der Waals surface area contributed by atoms with Gasteiger partial charge >= 0.3 is 5.97 Å². The maximum absolute atomic E-state index is 12.9. The van der Waals surface area contributed by atoms with Crippen molar-refractivity contribution in [3.63, 3.8) is 0 Å². The van der Waals surface area contributed by atoms with Crippen molar-refractivity contribution < 1.29 is 24.2 Å². The normalized spacial score (nSPS) is 18.4. The summed E-state index contributed by atoms with van der Waals surface area (Å²) in [5, 5.41) is 9.10. The molecule has 2 aromatic rings. The van der Waals surface area contributed by atoms with Gasteiger partial charge in [-0.25, -0.2) is 4.79 Å². The largest absolute Gasteiger partial charge is 0.478 e. The molecule has 1 fully saturated rings. The quantitative estimate of drug-likeness (QED) is 0.923. The van der Waals surface area contributed by atoms with Crippen LogP contribution >= 0.6 is 0 Å². The summed E-state index contributed by atoms with van der Waals surface area (Å²) in [6.07, 6.45) is 3.07. The number of hydrogen-bond acceptors (Lipinski definition) is 5. The van der Waals surface area contributed by atoms with Crippen LogP contribution in [0.25, 0.3) is 0 Å². The van der Waals surface area contributed by atoms with Crippen molar-refractivity contribution in [1.29, 1.82) is 0 Å². The Morgan fingerprint density at radius 1 is 1.16 bits per heavy atom. The molecule has 0 aliphatic carbocycles. The summed E-state index contributed by atoms with van der Waals surface area (Å²) in [4.78, 5) is 29.8. The highest BCUT2D eigenvalue weighted by Gasteiger charge is 2.32. The number of carbonyl (C=O) groups is 2. The molecule has 1 aromatic carbocycles. The minimum Gasteiger partial charge on any atom is -0.478 e. The number of hydrogen-bond donors (Lipinski definition) is 1.